The van der Waals surface area contributed by atoms with Crippen LogP contribution in [0.1, 0.15) is 39.7 Å². The van der Waals surface area contributed by atoms with Crippen molar-refractivity contribution in [2.24, 2.45) is 11.1 Å². The number of hydrogen-bond acceptors (Lipinski definition) is 3. The highest BCUT2D eigenvalue weighted by Crippen LogP contribution is 2.32. The summed E-state index contributed by atoms with van der Waals surface area (Å²) in [6, 6.07) is 6.00. The van der Waals surface area contributed by atoms with Crippen LogP contribution in [-0.2, 0) is 6.42 Å². The van der Waals surface area contributed by atoms with E-state index >= 15 is 0 Å². The summed E-state index contributed by atoms with van der Waals surface area (Å²) >= 11 is 0. The Morgan fingerprint density at radius 1 is 1.16 bits per heavy atom. The van der Waals surface area contributed by atoms with Crippen LogP contribution in [0, 0.1) is 5.41 Å². The van der Waals surface area contributed by atoms with Gasteiger partial charge in [0.15, 0.2) is 11.5 Å². The van der Waals surface area contributed by atoms with Gasteiger partial charge in [-0.05, 0) is 43.4 Å². The molecule has 19 heavy (non-hydrogen) atoms. The molecule has 0 aliphatic rings. The molecular formula is C16H27NO2. The summed E-state index contributed by atoms with van der Waals surface area (Å²) in [6.07, 6.45) is 1.82. The van der Waals surface area contributed by atoms with Crippen molar-refractivity contribution in [3.63, 3.8) is 0 Å². The molecule has 0 aromatic heterocycles. The molecule has 0 aliphatic heterocycles. The van der Waals surface area contributed by atoms with Crippen LogP contribution in [0.25, 0.3) is 0 Å². The van der Waals surface area contributed by atoms with Crippen LogP contribution in [0.2, 0.25) is 0 Å². The standard InChI is InChI=1S/C16H27NO2/c1-5-18-14-8-6-7-13(9-11-17)15(14)19-12-10-16(2,3)4/h6-8H,5,9-12,17H2,1-4H3. The van der Waals surface area contributed by atoms with Crippen LogP contribution in [0.15, 0.2) is 18.2 Å². The van der Waals surface area contributed by atoms with Crippen molar-refractivity contribution in [1.82, 2.24) is 0 Å². The fourth-order valence-corrected chi connectivity index (χ4v) is 1.81. The molecule has 0 aliphatic carbocycles. The van der Waals surface area contributed by atoms with Crippen molar-refractivity contribution >= 4 is 0 Å². The quantitative estimate of drug-likeness (QED) is 0.821. The SMILES string of the molecule is CCOc1cccc(CCN)c1OCCC(C)(C)C. The second kappa shape index (κ2) is 7.39. The van der Waals surface area contributed by atoms with E-state index in [4.69, 9.17) is 15.2 Å². The summed E-state index contributed by atoms with van der Waals surface area (Å²) in [5.41, 5.74) is 7.05. The van der Waals surface area contributed by atoms with Gasteiger partial charge in [0.1, 0.15) is 0 Å². The normalized spacial score (nSPS) is 11.4. The minimum absolute atomic E-state index is 0.272. The van der Waals surface area contributed by atoms with Crippen molar-refractivity contribution in [3.05, 3.63) is 23.8 Å². The molecule has 1 aromatic carbocycles. The maximum absolute atomic E-state index is 5.97. The summed E-state index contributed by atoms with van der Waals surface area (Å²) in [5, 5.41) is 0. The Bertz CT molecular complexity index is 359. The van der Waals surface area contributed by atoms with E-state index in [1.165, 1.54) is 0 Å². The molecule has 3 heteroatoms. The first kappa shape index (κ1) is 15.8. The second-order valence-corrected chi connectivity index (χ2v) is 5.88. The van der Waals surface area contributed by atoms with Gasteiger partial charge in [0, 0.05) is 0 Å². The highest BCUT2D eigenvalue weighted by atomic mass is 16.5. The molecule has 3 nitrogen and oxygen atoms in total. The van der Waals surface area contributed by atoms with Crippen molar-refractivity contribution < 1.29 is 9.47 Å². The van der Waals surface area contributed by atoms with Gasteiger partial charge in [-0.3, -0.25) is 0 Å². The van der Waals surface area contributed by atoms with Crippen LogP contribution in [-0.4, -0.2) is 19.8 Å². The van der Waals surface area contributed by atoms with Crippen LogP contribution in [0.5, 0.6) is 11.5 Å². The van der Waals surface area contributed by atoms with Gasteiger partial charge in [-0.1, -0.05) is 32.9 Å². The van der Waals surface area contributed by atoms with Crippen molar-refractivity contribution in [2.45, 2.75) is 40.5 Å². The summed E-state index contributed by atoms with van der Waals surface area (Å²) in [4.78, 5) is 0. The van der Waals surface area contributed by atoms with Gasteiger partial charge in [-0.15, -0.1) is 0 Å². The molecule has 108 valence electrons. The largest absolute Gasteiger partial charge is 0.490 e. The Hall–Kier alpha value is -1.22. The van der Waals surface area contributed by atoms with Crippen molar-refractivity contribution in [2.75, 3.05) is 19.8 Å². The molecule has 0 unspecified atom stereocenters. The first-order chi connectivity index (χ1) is 8.98. The Kier molecular flexibility index (Phi) is 6.16. The zero-order valence-electron chi connectivity index (χ0n) is 12.7. The summed E-state index contributed by atoms with van der Waals surface area (Å²) < 4.78 is 11.6. The molecule has 1 aromatic rings. The maximum atomic E-state index is 5.97. The molecule has 0 amide bonds. The van der Waals surface area contributed by atoms with E-state index < -0.39 is 0 Å². The summed E-state index contributed by atoms with van der Waals surface area (Å²) in [5.74, 6) is 1.68. The molecule has 0 saturated carbocycles. The Morgan fingerprint density at radius 2 is 1.89 bits per heavy atom. The predicted octanol–water partition coefficient (Wildman–Crippen LogP) is 3.40. The predicted molar refractivity (Wildman–Crippen MR) is 79.9 cm³/mol. The van der Waals surface area contributed by atoms with E-state index in [9.17, 15) is 0 Å². The second-order valence-electron chi connectivity index (χ2n) is 5.88. The summed E-state index contributed by atoms with van der Waals surface area (Å²) in [6.45, 7) is 10.6. The number of nitrogens with two attached hydrogens (primary N) is 1. The van der Waals surface area contributed by atoms with Crippen LogP contribution in [0.4, 0.5) is 0 Å². The lowest BCUT2D eigenvalue weighted by Gasteiger charge is -2.20. The number of ether oxygens (including phenoxy) is 2. The topological polar surface area (TPSA) is 44.5 Å². The lowest BCUT2D eigenvalue weighted by molar-refractivity contribution is 0.227. The number of benzene rings is 1. The third-order valence-corrected chi connectivity index (χ3v) is 2.87. The molecule has 0 heterocycles. The third-order valence-electron chi connectivity index (χ3n) is 2.87. The number of hydrogen-bond donors (Lipinski definition) is 1. The zero-order valence-corrected chi connectivity index (χ0v) is 12.7. The minimum Gasteiger partial charge on any atom is -0.490 e. The first-order valence-electron chi connectivity index (χ1n) is 7.05. The van der Waals surface area contributed by atoms with Gasteiger partial charge in [0.05, 0.1) is 13.2 Å². The molecule has 0 spiro atoms. The molecule has 0 radical (unpaired) electrons. The molecule has 0 atom stereocenters. The van der Waals surface area contributed by atoms with E-state index in [0.29, 0.717) is 19.8 Å². The smallest absolute Gasteiger partial charge is 0.164 e. The Balaban J connectivity index is 2.81. The van der Waals surface area contributed by atoms with Gasteiger partial charge in [-0.25, -0.2) is 0 Å². The first-order valence-corrected chi connectivity index (χ1v) is 7.05. The molecule has 2 N–H and O–H groups in total. The zero-order chi connectivity index (χ0) is 14.3. The maximum Gasteiger partial charge on any atom is 0.164 e. The van der Waals surface area contributed by atoms with Crippen molar-refractivity contribution in [1.29, 1.82) is 0 Å². The number of rotatable bonds is 7. The van der Waals surface area contributed by atoms with Gasteiger partial charge in [-0.2, -0.15) is 0 Å². The van der Waals surface area contributed by atoms with Crippen LogP contribution >= 0.6 is 0 Å². The molecule has 0 bridgehead atoms. The third kappa shape index (κ3) is 5.52. The Morgan fingerprint density at radius 3 is 2.47 bits per heavy atom. The van der Waals surface area contributed by atoms with Crippen LogP contribution in [0.3, 0.4) is 0 Å². The van der Waals surface area contributed by atoms with E-state index in [-0.39, 0.29) is 5.41 Å². The molecular weight excluding hydrogens is 238 g/mol. The van der Waals surface area contributed by atoms with E-state index in [2.05, 4.69) is 26.8 Å². The fourth-order valence-electron chi connectivity index (χ4n) is 1.81. The summed E-state index contributed by atoms with van der Waals surface area (Å²) in [7, 11) is 0. The minimum atomic E-state index is 0.272. The highest BCUT2D eigenvalue weighted by molar-refractivity contribution is 5.46. The van der Waals surface area contributed by atoms with E-state index in [1.54, 1.807) is 0 Å². The average molecular weight is 265 g/mol. The van der Waals surface area contributed by atoms with E-state index in [0.717, 1.165) is 29.9 Å². The van der Waals surface area contributed by atoms with Gasteiger partial charge in [0.25, 0.3) is 0 Å². The average Bonchev–Trinajstić information content (AvgIpc) is 2.31. The molecule has 0 fully saturated rings. The molecule has 0 saturated heterocycles. The van der Waals surface area contributed by atoms with Crippen molar-refractivity contribution in [3.8, 4) is 11.5 Å². The highest BCUT2D eigenvalue weighted by Gasteiger charge is 2.14. The molecule has 1 rings (SSSR count). The van der Waals surface area contributed by atoms with Gasteiger partial charge >= 0.3 is 0 Å². The van der Waals surface area contributed by atoms with Gasteiger partial charge < -0.3 is 15.2 Å². The lowest BCUT2D eigenvalue weighted by atomic mass is 9.93. The van der Waals surface area contributed by atoms with Crippen LogP contribution < -0.4 is 15.2 Å². The lowest BCUT2D eigenvalue weighted by Crippen LogP contribution is -2.13. The Labute approximate surface area is 117 Å². The number of para-hydroxylation sites is 1. The van der Waals surface area contributed by atoms with Gasteiger partial charge in [0.2, 0.25) is 0 Å². The monoisotopic (exact) mass is 265 g/mol. The fraction of sp³-hybridized carbons (Fsp3) is 0.625. The van der Waals surface area contributed by atoms with E-state index in [1.807, 2.05) is 19.1 Å².